The van der Waals surface area contributed by atoms with E-state index in [1.54, 1.807) is 12.4 Å². The van der Waals surface area contributed by atoms with Crippen molar-refractivity contribution in [3.05, 3.63) is 27.6 Å². The van der Waals surface area contributed by atoms with Gasteiger partial charge >= 0.3 is 0 Å². The number of rotatable bonds is 3. The van der Waals surface area contributed by atoms with Crippen LogP contribution in [0.2, 0.25) is 0 Å². The molecule has 1 aliphatic carbocycles. The average molecular weight is 257 g/mol. The highest BCUT2D eigenvalue weighted by Crippen LogP contribution is 2.40. The lowest BCUT2D eigenvalue weighted by Gasteiger charge is -2.06. The van der Waals surface area contributed by atoms with Gasteiger partial charge < -0.3 is 5.32 Å². The molecule has 1 unspecified atom stereocenters. The summed E-state index contributed by atoms with van der Waals surface area (Å²) in [6.45, 7) is 1.82. The van der Waals surface area contributed by atoms with Gasteiger partial charge in [-0.05, 0) is 17.9 Å². The van der Waals surface area contributed by atoms with Crippen molar-refractivity contribution < 1.29 is 13.6 Å². The Morgan fingerprint density at radius 3 is 2.82 bits per heavy atom. The van der Waals surface area contributed by atoms with Crippen molar-refractivity contribution in [2.45, 2.75) is 19.8 Å². The molecule has 92 valence electrons. The van der Waals surface area contributed by atoms with E-state index in [0.717, 1.165) is 5.70 Å². The molecule has 0 amide bonds. The van der Waals surface area contributed by atoms with E-state index in [9.17, 15) is 13.6 Å². The van der Waals surface area contributed by atoms with Crippen LogP contribution in [0.4, 0.5) is 8.78 Å². The van der Waals surface area contributed by atoms with Crippen LogP contribution in [0.3, 0.4) is 0 Å². The largest absolute Gasteiger partial charge is 0.391 e. The summed E-state index contributed by atoms with van der Waals surface area (Å²) in [5, 5.41) is 4.55. The Kier molecular flexibility index (Phi) is 3.28. The summed E-state index contributed by atoms with van der Waals surface area (Å²) in [6, 6.07) is 1.39. The lowest BCUT2D eigenvalue weighted by molar-refractivity contribution is -0.116. The standard InChI is InChI=1S/C12H13F2NOS/c1-6-5-8(15-2)9(10(6)16)11-7(12(13)14)3-4-17-11/h3-4,6,12,15H,5H2,1-2H3. The maximum atomic E-state index is 12.8. The zero-order chi connectivity index (χ0) is 12.6. The second kappa shape index (κ2) is 4.56. The Bertz CT molecular complexity index is 479. The van der Waals surface area contributed by atoms with Crippen LogP contribution in [0.15, 0.2) is 17.1 Å². The smallest absolute Gasteiger partial charge is 0.265 e. The molecule has 0 saturated carbocycles. The molecule has 0 radical (unpaired) electrons. The minimum absolute atomic E-state index is 0.0415. The van der Waals surface area contributed by atoms with Gasteiger partial charge in [-0.25, -0.2) is 8.78 Å². The molecule has 2 nitrogen and oxygen atoms in total. The number of hydrogen-bond donors (Lipinski definition) is 1. The van der Waals surface area contributed by atoms with Gasteiger partial charge in [-0.15, -0.1) is 11.3 Å². The van der Waals surface area contributed by atoms with Crippen molar-refractivity contribution in [3.63, 3.8) is 0 Å². The van der Waals surface area contributed by atoms with Gasteiger partial charge in [-0.2, -0.15) is 0 Å². The number of allylic oxidation sites excluding steroid dienone is 2. The molecule has 0 saturated heterocycles. The number of halogens is 2. The first-order valence-corrected chi connectivity index (χ1v) is 6.25. The predicted octanol–water partition coefficient (Wildman–Crippen LogP) is 3.23. The fourth-order valence-corrected chi connectivity index (χ4v) is 3.05. The van der Waals surface area contributed by atoms with Crippen molar-refractivity contribution in [1.82, 2.24) is 5.32 Å². The van der Waals surface area contributed by atoms with Gasteiger partial charge in [-0.3, -0.25) is 4.79 Å². The Morgan fingerprint density at radius 2 is 2.24 bits per heavy atom. The van der Waals surface area contributed by atoms with Crippen LogP contribution in [-0.4, -0.2) is 12.8 Å². The topological polar surface area (TPSA) is 29.1 Å². The van der Waals surface area contributed by atoms with Crippen LogP contribution in [0.25, 0.3) is 5.57 Å². The molecular formula is C12H13F2NOS. The molecule has 1 aromatic heterocycles. The van der Waals surface area contributed by atoms with E-state index in [1.165, 1.54) is 17.4 Å². The van der Waals surface area contributed by atoms with Gasteiger partial charge in [0.05, 0.1) is 5.57 Å². The zero-order valence-electron chi connectivity index (χ0n) is 9.59. The summed E-state index contributed by atoms with van der Waals surface area (Å²) in [5.74, 6) is -0.168. The quantitative estimate of drug-likeness (QED) is 0.900. The molecule has 2 rings (SSSR count). The number of Topliss-reactive ketones (excluding diaryl/α,β-unsaturated/α-hetero) is 1. The highest BCUT2D eigenvalue weighted by atomic mass is 32.1. The number of nitrogens with one attached hydrogen (secondary N) is 1. The monoisotopic (exact) mass is 257 g/mol. The van der Waals surface area contributed by atoms with Crippen molar-refractivity contribution in [2.24, 2.45) is 5.92 Å². The molecular weight excluding hydrogens is 244 g/mol. The van der Waals surface area contributed by atoms with Crippen LogP contribution in [0.5, 0.6) is 0 Å². The van der Waals surface area contributed by atoms with E-state index in [0.29, 0.717) is 16.9 Å². The highest BCUT2D eigenvalue weighted by Gasteiger charge is 2.33. The average Bonchev–Trinajstić information content (AvgIpc) is 2.85. The van der Waals surface area contributed by atoms with E-state index < -0.39 is 6.43 Å². The molecule has 1 heterocycles. The van der Waals surface area contributed by atoms with Gasteiger partial charge in [0, 0.05) is 29.1 Å². The van der Waals surface area contributed by atoms with Crippen LogP contribution in [0.1, 0.15) is 30.2 Å². The molecule has 1 N–H and O–H groups in total. The molecule has 0 fully saturated rings. The highest BCUT2D eigenvalue weighted by molar-refractivity contribution is 7.11. The second-order valence-corrected chi connectivity index (χ2v) is 4.99. The third-order valence-electron chi connectivity index (χ3n) is 2.97. The number of carbonyl (C=O) groups is 1. The van der Waals surface area contributed by atoms with E-state index in [-0.39, 0.29) is 17.3 Å². The third kappa shape index (κ3) is 1.99. The fraction of sp³-hybridized carbons (Fsp3) is 0.417. The molecule has 5 heteroatoms. The Morgan fingerprint density at radius 1 is 1.53 bits per heavy atom. The first-order chi connectivity index (χ1) is 8.06. The van der Waals surface area contributed by atoms with Gasteiger partial charge in [0.2, 0.25) is 0 Å². The molecule has 17 heavy (non-hydrogen) atoms. The summed E-state index contributed by atoms with van der Waals surface area (Å²) in [6.07, 6.45) is -1.93. The molecule has 1 aliphatic rings. The minimum Gasteiger partial charge on any atom is -0.391 e. The number of ketones is 1. The maximum Gasteiger partial charge on any atom is 0.265 e. The van der Waals surface area contributed by atoms with Gasteiger partial charge in [0.15, 0.2) is 5.78 Å². The Labute approximate surface area is 102 Å². The summed E-state index contributed by atoms with van der Waals surface area (Å²) in [7, 11) is 1.72. The number of thiophene rings is 1. The predicted molar refractivity (Wildman–Crippen MR) is 64.0 cm³/mol. The van der Waals surface area contributed by atoms with E-state index in [4.69, 9.17) is 0 Å². The lowest BCUT2D eigenvalue weighted by Crippen LogP contribution is -2.06. The third-order valence-corrected chi connectivity index (χ3v) is 3.91. The lowest BCUT2D eigenvalue weighted by atomic mass is 10.0. The van der Waals surface area contributed by atoms with E-state index in [1.807, 2.05) is 6.92 Å². The van der Waals surface area contributed by atoms with Crippen LogP contribution in [-0.2, 0) is 4.79 Å². The van der Waals surface area contributed by atoms with E-state index >= 15 is 0 Å². The molecule has 1 aromatic rings. The van der Waals surface area contributed by atoms with Gasteiger partial charge in [0.25, 0.3) is 6.43 Å². The molecule has 0 spiro atoms. The summed E-state index contributed by atoms with van der Waals surface area (Å²) < 4.78 is 25.6. The van der Waals surface area contributed by atoms with Crippen LogP contribution < -0.4 is 5.32 Å². The summed E-state index contributed by atoms with van der Waals surface area (Å²) in [5.41, 5.74) is 1.18. The van der Waals surface area contributed by atoms with Crippen molar-refractivity contribution in [2.75, 3.05) is 7.05 Å². The Balaban J connectivity index is 2.51. The summed E-state index contributed by atoms with van der Waals surface area (Å²) >= 11 is 1.20. The minimum atomic E-state index is -2.54. The van der Waals surface area contributed by atoms with Gasteiger partial charge in [0.1, 0.15) is 0 Å². The van der Waals surface area contributed by atoms with Gasteiger partial charge in [-0.1, -0.05) is 6.92 Å². The van der Waals surface area contributed by atoms with Crippen molar-refractivity contribution >= 4 is 22.7 Å². The number of carbonyl (C=O) groups excluding carboxylic acids is 1. The van der Waals surface area contributed by atoms with Crippen LogP contribution >= 0.6 is 11.3 Å². The molecule has 0 aromatic carbocycles. The Hall–Kier alpha value is -1.23. The normalized spacial score (nSPS) is 20.5. The van der Waals surface area contributed by atoms with E-state index in [2.05, 4.69) is 5.32 Å². The van der Waals surface area contributed by atoms with Crippen molar-refractivity contribution in [3.8, 4) is 0 Å². The second-order valence-electron chi connectivity index (χ2n) is 4.08. The zero-order valence-corrected chi connectivity index (χ0v) is 10.4. The maximum absolute atomic E-state index is 12.8. The fourth-order valence-electron chi connectivity index (χ4n) is 2.07. The van der Waals surface area contributed by atoms with Crippen LogP contribution in [0, 0.1) is 5.92 Å². The number of hydrogen-bond acceptors (Lipinski definition) is 3. The summed E-state index contributed by atoms with van der Waals surface area (Å²) in [4.78, 5) is 12.4. The number of alkyl halides is 2. The molecule has 0 aliphatic heterocycles. The SMILES string of the molecule is CNC1=C(c2sccc2C(F)F)C(=O)C(C)C1. The van der Waals surface area contributed by atoms with Crippen molar-refractivity contribution in [1.29, 1.82) is 0 Å². The first-order valence-electron chi connectivity index (χ1n) is 5.37. The molecule has 0 bridgehead atoms. The first kappa shape index (κ1) is 12.2. The molecule has 1 atom stereocenters.